The summed E-state index contributed by atoms with van der Waals surface area (Å²) in [5, 5.41) is 3.83. The molecular formula is C28H27N7O. The predicted octanol–water partition coefficient (Wildman–Crippen LogP) is 4.61. The Morgan fingerprint density at radius 2 is 1.81 bits per heavy atom. The molecule has 0 aliphatic heterocycles. The van der Waals surface area contributed by atoms with Gasteiger partial charge >= 0.3 is 0 Å². The molecule has 0 radical (unpaired) electrons. The lowest BCUT2D eigenvalue weighted by Gasteiger charge is -2.26. The van der Waals surface area contributed by atoms with Crippen LogP contribution in [-0.2, 0) is 4.79 Å². The average Bonchev–Trinajstić information content (AvgIpc) is 3.33. The second-order valence-corrected chi connectivity index (χ2v) is 9.33. The molecule has 0 unspecified atom stereocenters. The highest BCUT2D eigenvalue weighted by molar-refractivity contribution is 5.91. The summed E-state index contributed by atoms with van der Waals surface area (Å²) in [6.07, 6.45) is 8.94. The Balaban J connectivity index is 1.42. The molecule has 1 aromatic carbocycles. The molecular weight excluding hydrogens is 450 g/mol. The van der Waals surface area contributed by atoms with Crippen LogP contribution in [0.15, 0.2) is 67.1 Å². The van der Waals surface area contributed by atoms with Crippen molar-refractivity contribution in [2.24, 2.45) is 5.92 Å². The zero-order valence-electron chi connectivity index (χ0n) is 20.1. The number of hydrogen-bond donors (Lipinski definition) is 2. The summed E-state index contributed by atoms with van der Waals surface area (Å²) in [4.78, 5) is 30.9. The quantitative estimate of drug-likeness (QED) is 0.391. The van der Waals surface area contributed by atoms with Gasteiger partial charge in [-0.25, -0.2) is 15.0 Å². The topological polar surface area (TPSA) is 111 Å². The number of aromatic nitrogens is 5. The molecule has 8 heteroatoms. The minimum atomic E-state index is 0.0727. The van der Waals surface area contributed by atoms with Crippen LogP contribution in [0.2, 0.25) is 0 Å². The molecule has 5 aromatic rings. The Labute approximate surface area is 208 Å². The summed E-state index contributed by atoms with van der Waals surface area (Å²) in [6.45, 7) is 0. The third-order valence-corrected chi connectivity index (χ3v) is 7.21. The maximum Gasteiger partial charge on any atom is 0.222 e. The van der Waals surface area contributed by atoms with E-state index in [4.69, 9.17) is 15.7 Å². The molecule has 0 atom stereocenters. The normalized spacial score (nSPS) is 17.9. The first kappa shape index (κ1) is 22.2. The fourth-order valence-electron chi connectivity index (χ4n) is 5.32. The van der Waals surface area contributed by atoms with E-state index >= 15 is 0 Å². The van der Waals surface area contributed by atoms with Gasteiger partial charge in [-0.15, -0.1) is 0 Å². The van der Waals surface area contributed by atoms with E-state index < -0.39 is 0 Å². The number of nitrogens with zero attached hydrogens (tertiary/aromatic N) is 5. The van der Waals surface area contributed by atoms with Gasteiger partial charge in [-0.3, -0.25) is 14.2 Å². The molecule has 0 bridgehead atoms. The highest BCUT2D eigenvalue weighted by Gasteiger charge is 2.30. The number of pyridine rings is 2. The maximum absolute atomic E-state index is 12.1. The van der Waals surface area contributed by atoms with Gasteiger partial charge in [0.2, 0.25) is 5.91 Å². The number of fused-ring (bicyclic) bond motifs is 2. The number of carbonyl (C=O) groups excluding carboxylic acids is 1. The SMILES string of the molecule is CNC(=O)C1CCC(c2nc(-c3ccc4ccc(-c5ccccn5)nc4c3)c3c(N)nccn23)CC1. The van der Waals surface area contributed by atoms with E-state index in [1.54, 1.807) is 19.4 Å². The van der Waals surface area contributed by atoms with Gasteiger partial charge in [-0.2, -0.15) is 0 Å². The van der Waals surface area contributed by atoms with E-state index in [1.165, 1.54) is 0 Å². The van der Waals surface area contributed by atoms with E-state index in [1.807, 2.05) is 30.5 Å². The third kappa shape index (κ3) is 3.84. The Bertz CT molecular complexity index is 1570. The van der Waals surface area contributed by atoms with Crippen LogP contribution >= 0.6 is 0 Å². The first-order valence-corrected chi connectivity index (χ1v) is 12.3. The van der Waals surface area contributed by atoms with E-state index in [0.29, 0.717) is 5.82 Å². The van der Waals surface area contributed by atoms with Gasteiger partial charge in [0.05, 0.1) is 16.9 Å². The first-order chi connectivity index (χ1) is 17.6. The van der Waals surface area contributed by atoms with Gasteiger partial charge in [0.1, 0.15) is 22.9 Å². The zero-order chi connectivity index (χ0) is 24.6. The average molecular weight is 478 g/mol. The van der Waals surface area contributed by atoms with Crippen molar-refractivity contribution in [1.82, 2.24) is 29.7 Å². The molecule has 3 N–H and O–H groups in total. The lowest BCUT2D eigenvalue weighted by molar-refractivity contribution is -0.125. The first-order valence-electron chi connectivity index (χ1n) is 12.3. The second-order valence-electron chi connectivity index (χ2n) is 9.33. The van der Waals surface area contributed by atoms with Crippen molar-refractivity contribution < 1.29 is 4.79 Å². The van der Waals surface area contributed by atoms with Crippen LogP contribution in [0.5, 0.6) is 0 Å². The number of rotatable bonds is 4. The fraction of sp³-hybridized carbons (Fsp3) is 0.250. The molecule has 1 saturated carbocycles. The van der Waals surface area contributed by atoms with Crippen molar-refractivity contribution >= 4 is 28.1 Å². The zero-order valence-corrected chi connectivity index (χ0v) is 20.1. The number of benzene rings is 1. The van der Waals surface area contributed by atoms with Crippen LogP contribution in [0.3, 0.4) is 0 Å². The van der Waals surface area contributed by atoms with E-state index in [2.05, 4.69) is 44.0 Å². The van der Waals surface area contributed by atoms with Crippen LogP contribution < -0.4 is 11.1 Å². The van der Waals surface area contributed by atoms with Gasteiger partial charge in [0, 0.05) is 48.4 Å². The molecule has 1 aliphatic rings. The number of amides is 1. The van der Waals surface area contributed by atoms with Crippen LogP contribution in [0.25, 0.3) is 39.1 Å². The van der Waals surface area contributed by atoms with Crippen molar-refractivity contribution in [3.8, 4) is 22.6 Å². The molecule has 6 rings (SSSR count). The minimum Gasteiger partial charge on any atom is -0.382 e. The van der Waals surface area contributed by atoms with E-state index in [-0.39, 0.29) is 17.7 Å². The Morgan fingerprint density at radius 1 is 0.972 bits per heavy atom. The van der Waals surface area contributed by atoms with E-state index in [0.717, 1.165) is 70.6 Å². The molecule has 8 nitrogen and oxygen atoms in total. The standard InChI is InChI=1S/C28H27N7O/c1-30-28(36)19-8-6-18(7-9-19)27-34-24(25-26(29)32-14-15-35(25)27)20-10-5-17-11-12-22(33-23(17)16-20)21-4-2-3-13-31-21/h2-5,10-16,18-19H,6-9H2,1H3,(H2,29,32)(H,30,36). The van der Waals surface area contributed by atoms with Crippen molar-refractivity contribution in [1.29, 1.82) is 0 Å². The lowest BCUT2D eigenvalue weighted by Crippen LogP contribution is -2.30. The van der Waals surface area contributed by atoms with Crippen LogP contribution in [0.4, 0.5) is 5.82 Å². The van der Waals surface area contributed by atoms with Gasteiger partial charge in [0.25, 0.3) is 0 Å². The number of nitrogens with two attached hydrogens (primary N) is 1. The largest absolute Gasteiger partial charge is 0.382 e. The number of carbonyl (C=O) groups is 1. The van der Waals surface area contributed by atoms with Crippen molar-refractivity contribution in [3.63, 3.8) is 0 Å². The second kappa shape index (κ2) is 9.03. The van der Waals surface area contributed by atoms with Gasteiger partial charge in [-0.05, 0) is 49.9 Å². The summed E-state index contributed by atoms with van der Waals surface area (Å²) in [7, 11) is 1.70. The maximum atomic E-state index is 12.1. The fourth-order valence-corrected chi connectivity index (χ4v) is 5.32. The number of hydrogen-bond acceptors (Lipinski definition) is 6. The van der Waals surface area contributed by atoms with Crippen LogP contribution in [-0.4, -0.2) is 37.3 Å². The molecule has 1 amide bonds. The van der Waals surface area contributed by atoms with Crippen LogP contribution in [0.1, 0.15) is 37.4 Å². The van der Waals surface area contributed by atoms with Crippen molar-refractivity contribution in [3.05, 3.63) is 72.9 Å². The molecule has 180 valence electrons. The molecule has 4 aromatic heterocycles. The molecule has 1 fully saturated rings. The number of nitrogen functional groups attached to an aromatic ring is 1. The Hall–Kier alpha value is -4.33. The summed E-state index contributed by atoms with van der Waals surface area (Å²) in [5.41, 5.74) is 11.5. The third-order valence-electron chi connectivity index (χ3n) is 7.21. The number of imidazole rings is 1. The Morgan fingerprint density at radius 3 is 2.58 bits per heavy atom. The molecule has 36 heavy (non-hydrogen) atoms. The summed E-state index contributed by atoms with van der Waals surface area (Å²) >= 11 is 0. The van der Waals surface area contributed by atoms with Gasteiger partial charge in [-0.1, -0.05) is 24.3 Å². The molecule has 0 saturated heterocycles. The van der Waals surface area contributed by atoms with Crippen LogP contribution in [0, 0.1) is 5.92 Å². The molecule has 0 spiro atoms. The summed E-state index contributed by atoms with van der Waals surface area (Å²) in [6, 6.07) is 16.0. The highest BCUT2D eigenvalue weighted by atomic mass is 16.1. The summed E-state index contributed by atoms with van der Waals surface area (Å²) < 4.78 is 2.07. The van der Waals surface area contributed by atoms with E-state index in [9.17, 15) is 4.79 Å². The predicted molar refractivity (Wildman–Crippen MR) is 140 cm³/mol. The minimum absolute atomic E-state index is 0.0727. The Kier molecular flexibility index (Phi) is 5.56. The summed E-state index contributed by atoms with van der Waals surface area (Å²) in [5.74, 6) is 1.87. The van der Waals surface area contributed by atoms with Gasteiger partial charge in [0.15, 0.2) is 0 Å². The van der Waals surface area contributed by atoms with Crippen molar-refractivity contribution in [2.45, 2.75) is 31.6 Å². The lowest BCUT2D eigenvalue weighted by atomic mass is 9.81. The van der Waals surface area contributed by atoms with Crippen molar-refractivity contribution in [2.75, 3.05) is 12.8 Å². The molecule has 4 heterocycles. The number of nitrogens with one attached hydrogen (secondary N) is 1. The monoisotopic (exact) mass is 477 g/mol. The molecule has 1 aliphatic carbocycles. The van der Waals surface area contributed by atoms with Gasteiger partial charge < -0.3 is 11.1 Å². The smallest absolute Gasteiger partial charge is 0.222 e. The highest BCUT2D eigenvalue weighted by Crippen LogP contribution is 2.39. The number of anilines is 1.